The van der Waals surface area contributed by atoms with Gasteiger partial charge in [-0.25, -0.2) is 4.39 Å². The Hall–Kier alpha value is -1.07. The Labute approximate surface area is 148 Å². The van der Waals surface area contributed by atoms with Crippen LogP contribution in [-0.4, -0.2) is 18.1 Å². The van der Waals surface area contributed by atoms with E-state index in [1.165, 1.54) is 12.1 Å². The Balaban J connectivity index is 1.96. The summed E-state index contributed by atoms with van der Waals surface area (Å²) in [7, 11) is 0. The molecule has 0 amide bonds. The van der Waals surface area contributed by atoms with Crippen molar-refractivity contribution in [3.8, 4) is 5.75 Å². The van der Waals surface area contributed by atoms with Crippen molar-refractivity contribution in [2.75, 3.05) is 13.1 Å². The summed E-state index contributed by atoms with van der Waals surface area (Å²) >= 11 is 18.2. The first-order chi connectivity index (χ1) is 11.0. The minimum Gasteiger partial charge on any atom is -0.482 e. The van der Waals surface area contributed by atoms with Crippen molar-refractivity contribution >= 4 is 34.8 Å². The molecule has 3 nitrogen and oxygen atoms in total. The van der Waals surface area contributed by atoms with E-state index in [4.69, 9.17) is 39.5 Å². The molecule has 1 fully saturated rings. The van der Waals surface area contributed by atoms with E-state index in [1.54, 1.807) is 12.4 Å². The molecule has 1 aliphatic heterocycles. The van der Waals surface area contributed by atoms with Crippen LogP contribution in [0.25, 0.3) is 0 Å². The number of nitrogens with one attached hydrogen (secondary N) is 1. The predicted molar refractivity (Wildman–Crippen MR) is 90.0 cm³/mol. The summed E-state index contributed by atoms with van der Waals surface area (Å²) in [6.45, 7) is 1.71. The average Bonchev–Trinajstić information content (AvgIpc) is 3.00. The second-order valence-corrected chi connectivity index (χ2v) is 6.68. The first kappa shape index (κ1) is 16.8. The molecule has 7 heteroatoms. The van der Waals surface area contributed by atoms with Gasteiger partial charge in [-0.3, -0.25) is 4.98 Å². The molecule has 2 atom stereocenters. The lowest BCUT2D eigenvalue weighted by atomic mass is 9.96. The molecule has 1 aromatic heterocycles. The highest BCUT2D eigenvalue weighted by molar-refractivity contribution is 6.37. The Morgan fingerprint density at radius 2 is 1.91 bits per heavy atom. The largest absolute Gasteiger partial charge is 0.482 e. The monoisotopic (exact) mass is 374 g/mol. The van der Waals surface area contributed by atoms with E-state index in [-0.39, 0.29) is 27.8 Å². The summed E-state index contributed by atoms with van der Waals surface area (Å²) in [6, 6.07) is 4.18. The van der Waals surface area contributed by atoms with Crippen LogP contribution >= 0.6 is 34.8 Å². The van der Waals surface area contributed by atoms with Gasteiger partial charge in [-0.1, -0.05) is 34.8 Å². The molecule has 1 aromatic carbocycles. The van der Waals surface area contributed by atoms with Gasteiger partial charge in [0.05, 0.1) is 15.1 Å². The first-order valence-corrected chi connectivity index (χ1v) is 8.30. The number of halogens is 4. The topological polar surface area (TPSA) is 34.1 Å². The van der Waals surface area contributed by atoms with E-state index in [2.05, 4.69) is 10.3 Å². The van der Waals surface area contributed by atoms with E-state index < -0.39 is 5.82 Å². The van der Waals surface area contributed by atoms with Crippen LogP contribution in [0.15, 0.2) is 30.6 Å². The molecule has 2 aromatic rings. The number of rotatable bonds is 4. The van der Waals surface area contributed by atoms with E-state index in [1.807, 2.05) is 6.07 Å². The number of ether oxygens (including phenoxy) is 1. The molecule has 1 aliphatic rings. The quantitative estimate of drug-likeness (QED) is 0.824. The van der Waals surface area contributed by atoms with Crippen molar-refractivity contribution in [2.45, 2.75) is 12.5 Å². The second kappa shape index (κ2) is 7.22. The summed E-state index contributed by atoms with van der Waals surface area (Å²) in [5.41, 5.74) is 0.836. The lowest BCUT2D eigenvalue weighted by Gasteiger charge is -2.25. The maximum atomic E-state index is 13.4. The van der Waals surface area contributed by atoms with Crippen molar-refractivity contribution in [1.82, 2.24) is 10.3 Å². The molecule has 0 aliphatic carbocycles. The molecular weight excluding hydrogens is 362 g/mol. The van der Waals surface area contributed by atoms with Crippen LogP contribution in [0.3, 0.4) is 0 Å². The van der Waals surface area contributed by atoms with Crippen LogP contribution < -0.4 is 10.1 Å². The number of hydrogen-bond acceptors (Lipinski definition) is 3. The molecule has 0 saturated carbocycles. The smallest absolute Gasteiger partial charge is 0.157 e. The third kappa shape index (κ3) is 3.89. The molecule has 0 unspecified atom stereocenters. The van der Waals surface area contributed by atoms with Crippen LogP contribution in [0, 0.1) is 11.7 Å². The van der Waals surface area contributed by atoms with Gasteiger partial charge >= 0.3 is 0 Å². The zero-order valence-corrected chi connectivity index (χ0v) is 14.3. The number of benzene rings is 1. The lowest BCUT2D eigenvalue weighted by Crippen LogP contribution is -2.22. The summed E-state index contributed by atoms with van der Waals surface area (Å²) in [6.07, 6.45) is 3.89. The van der Waals surface area contributed by atoms with Gasteiger partial charge < -0.3 is 10.1 Å². The fraction of sp³-hybridized carbons (Fsp3) is 0.312. The highest BCUT2D eigenvalue weighted by Crippen LogP contribution is 2.40. The molecule has 23 heavy (non-hydrogen) atoms. The van der Waals surface area contributed by atoms with Crippen molar-refractivity contribution < 1.29 is 9.13 Å². The predicted octanol–water partition coefficient (Wildman–Crippen LogP) is 4.91. The summed E-state index contributed by atoms with van der Waals surface area (Å²) in [4.78, 5) is 4.12. The standard InChI is InChI=1S/C16H14Cl3FN2O/c17-11-3-10(7-22-8-11)15(9-1-2-21-6-9)23-16-13(18)4-12(20)5-14(16)19/h3-5,7-9,15,21H,1-2,6H2/t9-,15+/m0/s1. The Morgan fingerprint density at radius 3 is 2.52 bits per heavy atom. The maximum Gasteiger partial charge on any atom is 0.157 e. The summed E-state index contributed by atoms with van der Waals surface area (Å²) in [5, 5.41) is 4.11. The van der Waals surface area contributed by atoms with Crippen molar-refractivity contribution in [1.29, 1.82) is 0 Å². The number of aromatic nitrogens is 1. The minimum atomic E-state index is -0.504. The number of hydrogen-bond donors (Lipinski definition) is 1. The van der Waals surface area contributed by atoms with Crippen LogP contribution in [0.4, 0.5) is 4.39 Å². The van der Waals surface area contributed by atoms with Gasteiger partial charge in [-0.15, -0.1) is 0 Å². The highest BCUT2D eigenvalue weighted by atomic mass is 35.5. The lowest BCUT2D eigenvalue weighted by molar-refractivity contribution is 0.144. The fourth-order valence-corrected chi connectivity index (χ4v) is 3.46. The van der Waals surface area contributed by atoms with Gasteiger partial charge in [0.25, 0.3) is 0 Å². The molecule has 0 spiro atoms. The van der Waals surface area contributed by atoms with Crippen molar-refractivity contribution in [2.24, 2.45) is 5.92 Å². The highest BCUT2D eigenvalue weighted by Gasteiger charge is 2.30. The Morgan fingerprint density at radius 1 is 1.17 bits per heavy atom. The SMILES string of the molecule is Fc1cc(Cl)c(O[C@@H](c2cncc(Cl)c2)[C@H]2CCNC2)c(Cl)c1. The zero-order valence-electron chi connectivity index (χ0n) is 12.0. The van der Waals surface area contributed by atoms with Crippen molar-refractivity contribution in [3.63, 3.8) is 0 Å². The van der Waals surface area contributed by atoms with Gasteiger partial charge in [-0.05, 0) is 31.2 Å². The minimum absolute atomic E-state index is 0.140. The van der Waals surface area contributed by atoms with Gasteiger partial charge in [0, 0.05) is 30.4 Å². The van der Waals surface area contributed by atoms with E-state index in [0.29, 0.717) is 5.02 Å². The maximum absolute atomic E-state index is 13.4. The van der Waals surface area contributed by atoms with Crippen LogP contribution in [0.1, 0.15) is 18.1 Å². The first-order valence-electron chi connectivity index (χ1n) is 7.17. The van der Waals surface area contributed by atoms with Gasteiger partial charge in [0.2, 0.25) is 0 Å². The molecule has 1 saturated heterocycles. The molecule has 1 N–H and O–H groups in total. The zero-order chi connectivity index (χ0) is 16.4. The molecule has 3 rings (SSSR count). The van der Waals surface area contributed by atoms with Gasteiger partial charge in [-0.2, -0.15) is 0 Å². The average molecular weight is 376 g/mol. The molecule has 0 bridgehead atoms. The third-order valence-corrected chi connectivity index (χ3v) is 4.56. The van der Waals surface area contributed by atoms with Crippen LogP contribution in [0.5, 0.6) is 5.75 Å². The Kier molecular flexibility index (Phi) is 5.27. The fourth-order valence-electron chi connectivity index (χ4n) is 2.72. The normalized spacial score (nSPS) is 18.9. The van der Waals surface area contributed by atoms with Gasteiger partial charge in [0.15, 0.2) is 5.75 Å². The molecule has 2 heterocycles. The van der Waals surface area contributed by atoms with E-state index in [9.17, 15) is 4.39 Å². The molecular formula is C16H14Cl3FN2O. The van der Waals surface area contributed by atoms with Gasteiger partial charge in [0.1, 0.15) is 11.9 Å². The Bertz CT molecular complexity index is 684. The summed E-state index contributed by atoms with van der Waals surface area (Å²) in [5.74, 6) is -0.0186. The van der Waals surface area contributed by atoms with E-state index in [0.717, 1.165) is 25.1 Å². The molecule has 122 valence electrons. The number of pyridine rings is 1. The van der Waals surface area contributed by atoms with Crippen LogP contribution in [-0.2, 0) is 0 Å². The van der Waals surface area contributed by atoms with E-state index >= 15 is 0 Å². The number of nitrogens with zero attached hydrogens (tertiary/aromatic N) is 1. The molecule has 0 radical (unpaired) electrons. The third-order valence-electron chi connectivity index (χ3n) is 3.79. The summed E-state index contributed by atoms with van der Waals surface area (Å²) < 4.78 is 19.4. The second-order valence-electron chi connectivity index (χ2n) is 5.43. The van der Waals surface area contributed by atoms with Crippen molar-refractivity contribution in [3.05, 3.63) is 57.0 Å². The van der Waals surface area contributed by atoms with Crippen LogP contribution in [0.2, 0.25) is 15.1 Å².